The SMILES string of the molecule is Cc1ccc2snc(C(=O)N[C@H](C)C(=O)O)c2c1. The lowest BCUT2D eigenvalue weighted by Gasteiger charge is -2.07. The van der Waals surface area contributed by atoms with Gasteiger partial charge in [0.05, 0.1) is 4.70 Å². The number of amides is 1. The summed E-state index contributed by atoms with van der Waals surface area (Å²) in [4.78, 5) is 22.6. The number of aliphatic carboxylic acids is 1. The van der Waals surface area contributed by atoms with E-state index < -0.39 is 17.9 Å². The molecule has 1 amide bonds. The number of hydrogen-bond donors (Lipinski definition) is 2. The molecule has 0 fully saturated rings. The number of hydrogen-bond acceptors (Lipinski definition) is 4. The topological polar surface area (TPSA) is 79.3 Å². The Bertz CT molecular complexity index is 621. The molecule has 1 aromatic heterocycles. The van der Waals surface area contributed by atoms with E-state index in [0.717, 1.165) is 15.6 Å². The second-order valence-electron chi connectivity index (χ2n) is 4.06. The molecule has 0 saturated heterocycles. The van der Waals surface area contributed by atoms with E-state index in [0.29, 0.717) is 0 Å². The van der Waals surface area contributed by atoms with Crippen LogP contribution in [0.4, 0.5) is 0 Å². The van der Waals surface area contributed by atoms with Gasteiger partial charge >= 0.3 is 5.97 Å². The van der Waals surface area contributed by atoms with E-state index in [1.165, 1.54) is 18.5 Å². The molecule has 1 aromatic carbocycles. The molecule has 2 N–H and O–H groups in total. The second kappa shape index (κ2) is 4.73. The Morgan fingerprint density at radius 3 is 2.83 bits per heavy atom. The van der Waals surface area contributed by atoms with E-state index in [9.17, 15) is 9.59 Å². The lowest BCUT2D eigenvalue weighted by molar-refractivity contribution is -0.138. The molecule has 0 unspecified atom stereocenters. The van der Waals surface area contributed by atoms with E-state index in [4.69, 9.17) is 5.11 Å². The molecule has 18 heavy (non-hydrogen) atoms. The summed E-state index contributed by atoms with van der Waals surface area (Å²) in [5.74, 6) is -1.53. The van der Waals surface area contributed by atoms with Gasteiger partial charge in [0.2, 0.25) is 0 Å². The van der Waals surface area contributed by atoms with Crippen molar-refractivity contribution >= 4 is 33.5 Å². The lowest BCUT2D eigenvalue weighted by atomic mass is 10.1. The molecular weight excluding hydrogens is 252 g/mol. The first-order chi connectivity index (χ1) is 8.49. The minimum absolute atomic E-state index is 0.284. The highest BCUT2D eigenvalue weighted by Crippen LogP contribution is 2.23. The molecule has 94 valence electrons. The van der Waals surface area contributed by atoms with Crippen LogP contribution in [0.2, 0.25) is 0 Å². The third-order valence-electron chi connectivity index (χ3n) is 2.56. The van der Waals surface area contributed by atoms with E-state index in [1.807, 2.05) is 25.1 Å². The Labute approximate surface area is 108 Å². The monoisotopic (exact) mass is 264 g/mol. The fraction of sp³-hybridized carbons (Fsp3) is 0.250. The summed E-state index contributed by atoms with van der Waals surface area (Å²) in [6, 6.07) is 4.79. The van der Waals surface area contributed by atoms with E-state index >= 15 is 0 Å². The van der Waals surface area contributed by atoms with Gasteiger partial charge < -0.3 is 10.4 Å². The fourth-order valence-corrected chi connectivity index (χ4v) is 2.30. The number of benzene rings is 1. The second-order valence-corrected chi connectivity index (χ2v) is 4.87. The van der Waals surface area contributed by atoms with E-state index in [2.05, 4.69) is 9.69 Å². The molecule has 6 heteroatoms. The first-order valence-corrected chi connectivity index (χ1v) is 6.16. The summed E-state index contributed by atoms with van der Waals surface area (Å²) in [5, 5.41) is 11.9. The smallest absolute Gasteiger partial charge is 0.325 e. The van der Waals surface area contributed by atoms with Crippen LogP contribution in [0, 0.1) is 6.92 Å². The fourth-order valence-electron chi connectivity index (χ4n) is 1.54. The van der Waals surface area contributed by atoms with Gasteiger partial charge in [0.15, 0.2) is 0 Å². The Hall–Kier alpha value is -1.95. The van der Waals surface area contributed by atoms with Crippen LogP contribution in [-0.2, 0) is 4.79 Å². The van der Waals surface area contributed by atoms with Crippen LogP contribution in [0.25, 0.3) is 10.1 Å². The summed E-state index contributed by atoms with van der Waals surface area (Å²) in [6.45, 7) is 3.35. The van der Waals surface area contributed by atoms with Crippen LogP contribution in [0.15, 0.2) is 18.2 Å². The molecule has 0 radical (unpaired) electrons. The first-order valence-electron chi connectivity index (χ1n) is 5.38. The Morgan fingerprint density at radius 2 is 2.17 bits per heavy atom. The van der Waals surface area contributed by atoms with Gasteiger partial charge in [0, 0.05) is 5.39 Å². The van der Waals surface area contributed by atoms with Crippen molar-refractivity contribution in [3.63, 3.8) is 0 Å². The third kappa shape index (κ3) is 2.33. The number of carboxylic acid groups (broad SMARTS) is 1. The number of rotatable bonds is 3. The highest BCUT2D eigenvalue weighted by molar-refractivity contribution is 7.13. The molecule has 2 aromatic rings. The summed E-state index contributed by atoms with van der Waals surface area (Å²) in [5.41, 5.74) is 1.31. The van der Waals surface area contributed by atoms with Gasteiger partial charge in [-0.3, -0.25) is 9.59 Å². The van der Waals surface area contributed by atoms with Crippen LogP contribution in [0.5, 0.6) is 0 Å². The van der Waals surface area contributed by atoms with Crippen molar-refractivity contribution < 1.29 is 14.7 Å². The van der Waals surface area contributed by atoms with Gasteiger partial charge in [-0.25, -0.2) is 0 Å². The summed E-state index contributed by atoms with van der Waals surface area (Å²) in [7, 11) is 0. The van der Waals surface area contributed by atoms with Crippen LogP contribution in [0.1, 0.15) is 23.0 Å². The summed E-state index contributed by atoms with van der Waals surface area (Å²) >= 11 is 1.23. The van der Waals surface area contributed by atoms with Crippen molar-refractivity contribution in [3.05, 3.63) is 29.5 Å². The van der Waals surface area contributed by atoms with Crippen molar-refractivity contribution in [1.82, 2.24) is 9.69 Å². The normalized spacial score (nSPS) is 12.3. The number of aromatic nitrogens is 1. The van der Waals surface area contributed by atoms with Crippen molar-refractivity contribution in [2.24, 2.45) is 0 Å². The quantitative estimate of drug-likeness (QED) is 0.886. The first kappa shape index (κ1) is 12.5. The van der Waals surface area contributed by atoms with Gasteiger partial charge in [-0.05, 0) is 37.5 Å². The zero-order chi connectivity index (χ0) is 13.3. The number of aryl methyl sites for hydroxylation is 1. The average molecular weight is 264 g/mol. The van der Waals surface area contributed by atoms with Crippen molar-refractivity contribution in [1.29, 1.82) is 0 Å². The summed E-state index contributed by atoms with van der Waals surface area (Å²) in [6.07, 6.45) is 0. The zero-order valence-electron chi connectivity index (χ0n) is 9.93. The number of nitrogens with zero attached hydrogens (tertiary/aromatic N) is 1. The van der Waals surface area contributed by atoms with Crippen molar-refractivity contribution in [2.75, 3.05) is 0 Å². The van der Waals surface area contributed by atoms with Gasteiger partial charge in [-0.2, -0.15) is 4.37 Å². The number of carbonyl (C=O) groups excluding carboxylic acids is 1. The third-order valence-corrected chi connectivity index (χ3v) is 3.39. The number of fused-ring (bicyclic) bond motifs is 1. The molecule has 0 spiro atoms. The molecule has 2 rings (SSSR count). The predicted octanol–water partition coefficient (Wildman–Crippen LogP) is 1.81. The maximum Gasteiger partial charge on any atom is 0.325 e. The van der Waals surface area contributed by atoms with Crippen LogP contribution < -0.4 is 5.32 Å². The predicted molar refractivity (Wildman–Crippen MR) is 68.9 cm³/mol. The number of carboxylic acids is 1. The minimum atomic E-state index is -1.07. The van der Waals surface area contributed by atoms with Crippen LogP contribution in [0.3, 0.4) is 0 Å². The number of carbonyl (C=O) groups is 2. The van der Waals surface area contributed by atoms with Crippen LogP contribution >= 0.6 is 11.5 Å². The molecule has 5 nitrogen and oxygen atoms in total. The van der Waals surface area contributed by atoms with E-state index in [1.54, 1.807) is 0 Å². The number of nitrogens with one attached hydrogen (secondary N) is 1. The summed E-state index contributed by atoms with van der Waals surface area (Å²) < 4.78 is 5.00. The van der Waals surface area contributed by atoms with Crippen molar-refractivity contribution in [2.45, 2.75) is 19.9 Å². The van der Waals surface area contributed by atoms with Crippen LogP contribution in [-0.4, -0.2) is 27.4 Å². The molecule has 0 aliphatic carbocycles. The van der Waals surface area contributed by atoms with Gasteiger partial charge in [0.1, 0.15) is 11.7 Å². The maximum atomic E-state index is 11.9. The highest BCUT2D eigenvalue weighted by Gasteiger charge is 2.19. The molecule has 0 saturated carbocycles. The van der Waals surface area contributed by atoms with Gasteiger partial charge in [-0.1, -0.05) is 11.6 Å². The minimum Gasteiger partial charge on any atom is -0.480 e. The average Bonchev–Trinajstić information content (AvgIpc) is 2.71. The molecule has 1 heterocycles. The largest absolute Gasteiger partial charge is 0.480 e. The Morgan fingerprint density at radius 1 is 1.44 bits per heavy atom. The molecule has 1 atom stereocenters. The van der Waals surface area contributed by atoms with Gasteiger partial charge in [-0.15, -0.1) is 0 Å². The Balaban J connectivity index is 2.33. The Kier molecular flexibility index (Phi) is 3.29. The molecule has 0 aliphatic rings. The van der Waals surface area contributed by atoms with Gasteiger partial charge in [0.25, 0.3) is 5.91 Å². The zero-order valence-corrected chi connectivity index (χ0v) is 10.7. The van der Waals surface area contributed by atoms with Crippen molar-refractivity contribution in [3.8, 4) is 0 Å². The lowest BCUT2D eigenvalue weighted by Crippen LogP contribution is -2.38. The molecule has 0 bridgehead atoms. The van der Waals surface area contributed by atoms with E-state index in [-0.39, 0.29) is 5.69 Å². The molecule has 0 aliphatic heterocycles. The standard InChI is InChI=1S/C12H12N2O3S/c1-6-3-4-9-8(5-6)10(14-18-9)11(15)13-7(2)12(16)17/h3-5,7H,1-2H3,(H,13,15)(H,16,17)/t7-/m1/s1. The maximum absolute atomic E-state index is 11.9. The molecular formula is C12H12N2O3S. The highest BCUT2D eigenvalue weighted by atomic mass is 32.1.